The topological polar surface area (TPSA) is 31.0 Å². The first-order valence-electron chi connectivity index (χ1n) is 7.52. The monoisotopic (exact) mass is 364 g/mol. The molecule has 0 unspecified atom stereocenters. The molecule has 0 N–H and O–H groups in total. The second kappa shape index (κ2) is 5.05. The molecule has 2 rings (SSSR count). The fourth-order valence-electron chi connectivity index (χ4n) is 2.61. The van der Waals surface area contributed by atoms with Gasteiger partial charge in [0, 0.05) is 11.4 Å². The molecule has 0 radical (unpaired) electrons. The maximum absolute atomic E-state index is 6.33. The molecule has 0 bridgehead atoms. The summed E-state index contributed by atoms with van der Waals surface area (Å²) in [6, 6.07) is 0. The molecule has 2 heterocycles. The number of halogens is 1. The Bertz CT molecular complexity index is 382. The number of ether oxygens (including phenoxy) is 2. The molecule has 2 fully saturated rings. The van der Waals surface area contributed by atoms with Crippen molar-refractivity contribution >= 4 is 24.2 Å². The summed E-state index contributed by atoms with van der Waals surface area (Å²) in [4.78, 5) is 0.370. The van der Waals surface area contributed by atoms with Crippen LogP contribution in [-0.2, 0) is 13.9 Å². The smallest absolute Gasteiger partial charge is 0.192 e. The molecule has 5 heteroatoms. The van der Waals surface area contributed by atoms with Crippen LogP contribution in [0, 0.1) is 0 Å². The Morgan fingerprint density at radius 2 is 1.90 bits per heavy atom. The Morgan fingerprint density at radius 1 is 1.30 bits per heavy atom. The molecule has 20 heavy (non-hydrogen) atoms. The minimum atomic E-state index is -1.72. The van der Waals surface area contributed by atoms with Crippen molar-refractivity contribution in [3.8, 4) is 0 Å². The summed E-state index contributed by atoms with van der Waals surface area (Å²) >= 11 is 3.74. The second-order valence-electron chi connectivity index (χ2n) is 8.15. The molecule has 0 aromatic heterocycles. The lowest BCUT2D eigenvalue weighted by molar-refractivity contribution is 0.000884. The van der Waals surface area contributed by atoms with Crippen LogP contribution in [-0.4, -0.2) is 43.7 Å². The fourth-order valence-corrected chi connectivity index (χ4v) is 4.25. The van der Waals surface area contributed by atoms with Gasteiger partial charge in [0.05, 0.1) is 6.61 Å². The molecule has 0 aromatic carbocycles. The Hall–Kier alpha value is 0.577. The van der Waals surface area contributed by atoms with E-state index in [4.69, 9.17) is 13.9 Å². The molecular weight excluding hydrogens is 336 g/mol. The van der Waals surface area contributed by atoms with Crippen molar-refractivity contribution in [2.24, 2.45) is 0 Å². The highest BCUT2D eigenvalue weighted by Gasteiger charge is 2.65. The zero-order chi connectivity index (χ0) is 15.4. The summed E-state index contributed by atoms with van der Waals surface area (Å²) in [6.07, 6.45) is 1.18. The third kappa shape index (κ3) is 2.89. The van der Waals surface area contributed by atoms with Gasteiger partial charge in [0.1, 0.15) is 17.3 Å². The van der Waals surface area contributed by atoms with Crippen molar-refractivity contribution in [2.45, 2.75) is 81.3 Å². The predicted molar refractivity (Wildman–Crippen MR) is 88.1 cm³/mol. The third-order valence-corrected chi connectivity index (χ3v) is 11.2. The van der Waals surface area contributed by atoms with Gasteiger partial charge in [-0.3, -0.25) is 0 Å². The SMILES string of the molecule is CC(C)(C)[Si](C)(C)OC[C@]1(C)O[C@H]1[C@]1(C)OCC[C@H]1Br. The average Bonchev–Trinajstić information content (AvgIpc) is 2.87. The first-order valence-corrected chi connectivity index (χ1v) is 11.3. The zero-order valence-electron chi connectivity index (χ0n) is 13.9. The maximum atomic E-state index is 6.33. The molecule has 2 saturated heterocycles. The van der Waals surface area contributed by atoms with Gasteiger partial charge in [-0.05, 0) is 38.4 Å². The molecular formula is C15H29BrO3Si. The summed E-state index contributed by atoms with van der Waals surface area (Å²) in [5.74, 6) is 0. The highest BCUT2D eigenvalue weighted by atomic mass is 79.9. The van der Waals surface area contributed by atoms with Gasteiger partial charge < -0.3 is 13.9 Å². The number of hydrogen-bond acceptors (Lipinski definition) is 3. The lowest BCUT2D eigenvalue weighted by Crippen LogP contribution is -2.46. The number of alkyl halides is 1. The Balaban J connectivity index is 1.96. The van der Waals surface area contributed by atoms with Crippen LogP contribution in [0.1, 0.15) is 41.0 Å². The van der Waals surface area contributed by atoms with E-state index in [9.17, 15) is 0 Å². The minimum Gasteiger partial charge on any atom is -0.414 e. The third-order valence-electron chi connectivity index (χ3n) is 5.34. The standard InChI is InChI=1S/C15H29BrO3Si/c1-13(2,3)20(6,7)18-10-14(4)12(19-14)15(5)11(16)8-9-17-15/h11-12H,8-10H2,1-7H3/t11-,12-,14+,15-/m1/s1. The van der Waals surface area contributed by atoms with E-state index in [1.54, 1.807) is 0 Å². The normalized spacial score (nSPS) is 42.0. The summed E-state index contributed by atoms with van der Waals surface area (Å²) in [5, 5.41) is 0.236. The first-order chi connectivity index (χ1) is 8.92. The Kier molecular flexibility index (Phi) is 4.28. The molecule has 118 valence electrons. The van der Waals surface area contributed by atoms with E-state index in [0.717, 1.165) is 13.0 Å². The van der Waals surface area contributed by atoms with Crippen LogP contribution in [0.3, 0.4) is 0 Å². The Labute approximate surface area is 133 Å². The zero-order valence-corrected chi connectivity index (χ0v) is 16.5. The minimum absolute atomic E-state index is 0.131. The highest BCUT2D eigenvalue weighted by molar-refractivity contribution is 9.09. The number of hydrogen-bond donors (Lipinski definition) is 0. The van der Waals surface area contributed by atoms with Gasteiger partial charge in [0.2, 0.25) is 0 Å². The molecule has 0 aliphatic carbocycles. The summed E-state index contributed by atoms with van der Waals surface area (Å²) in [7, 11) is -1.72. The van der Waals surface area contributed by atoms with E-state index < -0.39 is 8.32 Å². The average molecular weight is 365 g/mol. The van der Waals surface area contributed by atoms with Gasteiger partial charge in [-0.2, -0.15) is 0 Å². The second-order valence-corrected chi connectivity index (χ2v) is 14.1. The molecule has 0 saturated carbocycles. The van der Waals surface area contributed by atoms with Gasteiger partial charge >= 0.3 is 0 Å². The van der Waals surface area contributed by atoms with Gasteiger partial charge in [0.25, 0.3) is 0 Å². The van der Waals surface area contributed by atoms with Crippen molar-refractivity contribution in [2.75, 3.05) is 13.2 Å². The van der Waals surface area contributed by atoms with E-state index in [2.05, 4.69) is 63.6 Å². The predicted octanol–water partition coefficient (Wildman–Crippen LogP) is 4.11. The molecule has 2 aliphatic rings. The van der Waals surface area contributed by atoms with Crippen LogP contribution in [0.5, 0.6) is 0 Å². The Morgan fingerprint density at radius 3 is 2.35 bits per heavy atom. The molecule has 2 aliphatic heterocycles. The van der Waals surface area contributed by atoms with Gasteiger partial charge in [0.15, 0.2) is 8.32 Å². The maximum Gasteiger partial charge on any atom is 0.192 e. The molecule has 4 atom stereocenters. The van der Waals surface area contributed by atoms with Crippen LogP contribution in [0.15, 0.2) is 0 Å². The van der Waals surface area contributed by atoms with Gasteiger partial charge in [-0.25, -0.2) is 0 Å². The van der Waals surface area contributed by atoms with Crippen LogP contribution in [0.25, 0.3) is 0 Å². The lowest BCUT2D eigenvalue weighted by Gasteiger charge is -2.37. The largest absolute Gasteiger partial charge is 0.414 e. The summed E-state index contributed by atoms with van der Waals surface area (Å²) in [5.41, 5.74) is -0.411. The van der Waals surface area contributed by atoms with Crippen molar-refractivity contribution in [3.63, 3.8) is 0 Å². The summed E-state index contributed by atoms with van der Waals surface area (Å²) < 4.78 is 18.3. The van der Waals surface area contributed by atoms with Crippen LogP contribution in [0.2, 0.25) is 18.1 Å². The van der Waals surface area contributed by atoms with E-state index >= 15 is 0 Å². The molecule has 0 amide bonds. The lowest BCUT2D eigenvalue weighted by atomic mass is 9.91. The summed E-state index contributed by atoms with van der Waals surface area (Å²) in [6.45, 7) is 17.2. The molecule has 0 aromatic rings. The van der Waals surface area contributed by atoms with Gasteiger partial charge in [-0.1, -0.05) is 36.7 Å². The van der Waals surface area contributed by atoms with E-state index in [-0.39, 0.29) is 22.3 Å². The van der Waals surface area contributed by atoms with Gasteiger partial charge in [-0.15, -0.1) is 0 Å². The van der Waals surface area contributed by atoms with Crippen molar-refractivity contribution in [3.05, 3.63) is 0 Å². The fraction of sp³-hybridized carbons (Fsp3) is 1.00. The van der Waals surface area contributed by atoms with E-state index in [1.165, 1.54) is 0 Å². The van der Waals surface area contributed by atoms with Crippen molar-refractivity contribution in [1.82, 2.24) is 0 Å². The first kappa shape index (κ1) is 16.9. The van der Waals surface area contributed by atoms with E-state index in [1.807, 2.05) is 0 Å². The van der Waals surface area contributed by atoms with Crippen LogP contribution < -0.4 is 0 Å². The van der Waals surface area contributed by atoms with Crippen LogP contribution >= 0.6 is 15.9 Å². The quantitative estimate of drug-likeness (QED) is 0.427. The molecule has 0 spiro atoms. The van der Waals surface area contributed by atoms with E-state index in [0.29, 0.717) is 11.4 Å². The van der Waals surface area contributed by atoms with Crippen molar-refractivity contribution < 1.29 is 13.9 Å². The highest BCUT2D eigenvalue weighted by Crippen LogP contribution is 2.51. The van der Waals surface area contributed by atoms with Crippen molar-refractivity contribution in [1.29, 1.82) is 0 Å². The number of epoxide rings is 1. The van der Waals surface area contributed by atoms with Crippen LogP contribution in [0.4, 0.5) is 0 Å². The molecule has 3 nitrogen and oxygen atoms in total. The number of rotatable bonds is 4.